The summed E-state index contributed by atoms with van der Waals surface area (Å²) in [6.45, 7) is 1.03. The monoisotopic (exact) mass is 633 g/mol. The molecule has 0 unspecified atom stereocenters. The van der Waals surface area contributed by atoms with Gasteiger partial charge in [-0.05, 0) is 19.1 Å². The lowest BCUT2D eigenvalue weighted by atomic mass is 9.87. The van der Waals surface area contributed by atoms with Gasteiger partial charge in [0, 0.05) is 23.1 Å². The molecule has 2 aromatic carbocycles. The molecule has 15 heteroatoms. The Morgan fingerprint density at radius 2 is 1.67 bits per heavy atom. The Hall–Kier alpha value is -3.18. The van der Waals surface area contributed by atoms with Crippen LogP contribution >= 0.6 is 22.6 Å². The van der Waals surface area contributed by atoms with Crippen molar-refractivity contribution in [3.63, 3.8) is 0 Å². The van der Waals surface area contributed by atoms with E-state index in [1.54, 1.807) is 19.1 Å². The Bertz CT molecular complexity index is 1300. The van der Waals surface area contributed by atoms with Crippen molar-refractivity contribution in [3.05, 3.63) is 73.8 Å². The van der Waals surface area contributed by atoms with Gasteiger partial charge in [-0.1, -0.05) is 40.3 Å². The SMILES string of the molecule is COC(=O)[C@]1(CI)CN(S(=O)(=O)c2ccc(C)cc2)C[C@@H]1OC(=O)c1cc([N+](=O)[O-])cc([N+](=O)[O-])c1. The summed E-state index contributed by atoms with van der Waals surface area (Å²) >= 11 is 1.85. The maximum atomic E-state index is 13.3. The molecule has 36 heavy (non-hydrogen) atoms. The maximum absolute atomic E-state index is 13.3. The summed E-state index contributed by atoms with van der Waals surface area (Å²) in [6.07, 6.45) is -1.34. The third-order valence-electron chi connectivity index (χ3n) is 5.74. The summed E-state index contributed by atoms with van der Waals surface area (Å²) in [4.78, 5) is 46.3. The number of hydrogen-bond acceptors (Lipinski definition) is 10. The van der Waals surface area contributed by atoms with Gasteiger partial charge >= 0.3 is 11.9 Å². The van der Waals surface area contributed by atoms with E-state index in [0.717, 1.165) is 29.1 Å². The van der Waals surface area contributed by atoms with Crippen LogP contribution in [-0.2, 0) is 24.3 Å². The van der Waals surface area contributed by atoms with Crippen molar-refractivity contribution in [1.82, 2.24) is 4.31 Å². The molecule has 1 aliphatic rings. The van der Waals surface area contributed by atoms with Crippen LogP contribution in [0.1, 0.15) is 15.9 Å². The Morgan fingerprint density at radius 1 is 1.11 bits per heavy atom. The number of rotatable bonds is 8. The number of nitro groups is 2. The van der Waals surface area contributed by atoms with Gasteiger partial charge in [0.1, 0.15) is 11.5 Å². The average Bonchev–Trinajstić information content (AvgIpc) is 3.23. The molecule has 1 fully saturated rings. The van der Waals surface area contributed by atoms with E-state index in [1.165, 1.54) is 12.1 Å². The van der Waals surface area contributed by atoms with Crippen LogP contribution in [0.4, 0.5) is 11.4 Å². The van der Waals surface area contributed by atoms with E-state index in [9.17, 15) is 38.2 Å². The Balaban J connectivity index is 2.00. The molecule has 1 saturated heterocycles. The van der Waals surface area contributed by atoms with Crippen molar-refractivity contribution < 1.29 is 37.3 Å². The van der Waals surface area contributed by atoms with Gasteiger partial charge in [-0.25, -0.2) is 13.2 Å². The molecule has 0 N–H and O–H groups in total. The minimum absolute atomic E-state index is 0.00435. The highest BCUT2D eigenvalue weighted by atomic mass is 127. The van der Waals surface area contributed by atoms with Crippen molar-refractivity contribution in [2.45, 2.75) is 17.9 Å². The zero-order chi connectivity index (χ0) is 26.8. The summed E-state index contributed by atoms with van der Waals surface area (Å²) in [5.41, 5.74) is -2.67. The standard InChI is InChI=1S/C21H20IN3O10S/c1-13-3-5-17(6-4-13)36(32,33)23-10-18(21(11-22,12-23)20(27)34-2)35-19(26)14-7-15(24(28)29)9-16(8-14)25(30)31/h3-9,18H,10-12H2,1-2H3/t18-,21+/m0/s1. The normalized spacial score (nSPS) is 20.0. The van der Waals surface area contributed by atoms with E-state index in [-0.39, 0.29) is 15.9 Å². The summed E-state index contributed by atoms with van der Waals surface area (Å²) in [6, 6.07) is 8.34. The van der Waals surface area contributed by atoms with Gasteiger partial charge in [0.05, 0.1) is 40.0 Å². The fraction of sp³-hybridized carbons (Fsp3) is 0.333. The van der Waals surface area contributed by atoms with E-state index in [2.05, 4.69) is 0 Å². The van der Waals surface area contributed by atoms with Crippen LogP contribution in [0.15, 0.2) is 47.4 Å². The number of hydrogen-bond donors (Lipinski definition) is 0. The van der Waals surface area contributed by atoms with Crippen LogP contribution in [0.25, 0.3) is 0 Å². The molecule has 3 rings (SSSR count). The minimum atomic E-state index is -4.10. The second-order valence-electron chi connectivity index (χ2n) is 8.04. The molecule has 2 aromatic rings. The second-order valence-corrected chi connectivity index (χ2v) is 10.7. The number of carbonyl (C=O) groups excluding carboxylic acids is 2. The zero-order valence-electron chi connectivity index (χ0n) is 19.0. The van der Waals surface area contributed by atoms with Crippen LogP contribution in [0.2, 0.25) is 0 Å². The van der Waals surface area contributed by atoms with Crippen molar-refractivity contribution in [3.8, 4) is 0 Å². The number of alkyl halides is 1. The summed E-state index contributed by atoms with van der Waals surface area (Å²) in [5, 5.41) is 22.4. The highest BCUT2D eigenvalue weighted by Gasteiger charge is 2.57. The predicted molar refractivity (Wildman–Crippen MR) is 132 cm³/mol. The summed E-state index contributed by atoms with van der Waals surface area (Å²) in [5.74, 6) is -2.01. The number of sulfonamides is 1. The Morgan fingerprint density at radius 3 is 2.14 bits per heavy atom. The Kier molecular flexibility index (Phi) is 7.94. The summed E-state index contributed by atoms with van der Waals surface area (Å²) < 4.78 is 37.9. The first kappa shape index (κ1) is 27.4. The average molecular weight is 633 g/mol. The fourth-order valence-electron chi connectivity index (χ4n) is 3.74. The van der Waals surface area contributed by atoms with Crippen molar-refractivity contribution in [2.75, 3.05) is 24.6 Å². The number of nitro benzene ring substituents is 2. The topological polar surface area (TPSA) is 176 Å². The van der Waals surface area contributed by atoms with Gasteiger partial charge in [0.2, 0.25) is 10.0 Å². The molecule has 1 heterocycles. The first-order valence-corrected chi connectivity index (χ1v) is 13.2. The van der Waals surface area contributed by atoms with E-state index in [0.29, 0.717) is 6.07 Å². The number of methoxy groups -OCH3 is 1. The lowest BCUT2D eigenvalue weighted by Crippen LogP contribution is -2.46. The molecular weight excluding hydrogens is 613 g/mol. The number of ether oxygens (including phenoxy) is 2. The number of benzene rings is 2. The third-order valence-corrected chi connectivity index (χ3v) is 8.93. The van der Waals surface area contributed by atoms with Crippen LogP contribution in [0.3, 0.4) is 0 Å². The maximum Gasteiger partial charge on any atom is 0.338 e. The molecule has 2 atom stereocenters. The number of esters is 2. The van der Waals surface area contributed by atoms with Gasteiger partial charge in [0.15, 0.2) is 0 Å². The van der Waals surface area contributed by atoms with Gasteiger partial charge < -0.3 is 9.47 Å². The minimum Gasteiger partial charge on any atom is -0.468 e. The zero-order valence-corrected chi connectivity index (χ0v) is 21.9. The van der Waals surface area contributed by atoms with E-state index in [4.69, 9.17) is 9.47 Å². The highest BCUT2D eigenvalue weighted by molar-refractivity contribution is 14.1. The van der Waals surface area contributed by atoms with Crippen LogP contribution < -0.4 is 0 Å². The van der Waals surface area contributed by atoms with Gasteiger partial charge in [-0.15, -0.1) is 0 Å². The highest BCUT2D eigenvalue weighted by Crippen LogP contribution is 2.39. The fourth-order valence-corrected chi connectivity index (χ4v) is 6.29. The second kappa shape index (κ2) is 10.4. The van der Waals surface area contributed by atoms with E-state index < -0.39 is 66.8 Å². The van der Waals surface area contributed by atoms with Crippen LogP contribution in [0.5, 0.6) is 0 Å². The van der Waals surface area contributed by atoms with Gasteiger partial charge in [-0.3, -0.25) is 25.0 Å². The lowest BCUT2D eigenvalue weighted by Gasteiger charge is -2.29. The Labute approximate surface area is 218 Å². The van der Waals surface area contributed by atoms with Crippen molar-refractivity contribution >= 4 is 55.9 Å². The van der Waals surface area contributed by atoms with Gasteiger partial charge in [0.25, 0.3) is 11.4 Å². The predicted octanol–water partition coefficient (Wildman–Crippen LogP) is 2.64. The molecule has 192 valence electrons. The van der Waals surface area contributed by atoms with Crippen molar-refractivity contribution in [1.29, 1.82) is 0 Å². The van der Waals surface area contributed by atoms with Crippen molar-refractivity contribution in [2.24, 2.45) is 5.41 Å². The number of carbonyl (C=O) groups is 2. The molecule has 0 aliphatic carbocycles. The molecule has 0 amide bonds. The largest absolute Gasteiger partial charge is 0.468 e. The first-order valence-electron chi connectivity index (χ1n) is 10.2. The quantitative estimate of drug-likeness (QED) is 0.138. The smallest absolute Gasteiger partial charge is 0.338 e. The van der Waals surface area contributed by atoms with Crippen LogP contribution in [-0.4, -0.2) is 65.2 Å². The molecule has 0 saturated carbocycles. The molecule has 1 aliphatic heterocycles. The number of non-ortho nitro benzene ring substituents is 2. The lowest BCUT2D eigenvalue weighted by molar-refractivity contribution is -0.394. The molecule has 0 radical (unpaired) electrons. The molecule has 13 nitrogen and oxygen atoms in total. The first-order chi connectivity index (χ1) is 16.8. The number of halogens is 1. The van der Waals surface area contributed by atoms with E-state index >= 15 is 0 Å². The summed E-state index contributed by atoms with van der Waals surface area (Å²) in [7, 11) is -2.99. The van der Waals surface area contributed by atoms with Gasteiger partial charge in [-0.2, -0.15) is 4.31 Å². The molecule has 0 bridgehead atoms. The van der Waals surface area contributed by atoms with Crippen LogP contribution in [0, 0.1) is 32.6 Å². The molecular formula is C21H20IN3O10S. The van der Waals surface area contributed by atoms with E-state index in [1.807, 2.05) is 22.6 Å². The third kappa shape index (κ3) is 5.17. The molecule has 0 spiro atoms. The number of nitrogens with zero attached hydrogens (tertiary/aromatic N) is 3. The number of aryl methyl sites for hydroxylation is 1. The molecule has 0 aromatic heterocycles.